The molecule has 0 spiro atoms. The number of pyridine rings is 1. The SMILES string of the molecule is c1ccc(-c2cc(-c3ccc(-c4ccc5oc6ccccc6c5c4)cc3)cc(-c3ccc(-n4c5ccccc5c5ccccc54)cc3)n2)cc1. The minimum atomic E-state index is 0.910. The third kappa shape index (κ3) is 4.71. The Morgan fingerprint density at radius 3 is 1.52 bits per heavy atom. The van der Waals surface area contributed by atoms with Crippen molar-refractivity contribution in [1.82, 2.24) is 9.55 Å². The predicted octanol–water partition coefficient (Wildman–Crippen LogP) is 12.7. The highest BCUT2D eigenvalue weighted by Crippen LogP contribution is 2.36. The molecule has 0 unspecified atom stereocenters. The number of furan rings is 1. The normalized spacial score (nSPS) is 11.6. The summed E-state index contributed by atoms with van der Waals surface area (Å²) in [4.78, 5) is 5.19. The van der Waals surface area contributed by atoms with Gasteiger partial charge in [0.1, 0.15) is 11.2 Å². The van der Waals surface area contributed by atoms with E-state index in [1.165, 1.54) is 32.9 Å². The van der Waals surface area contributed by atoms with Gasteiger partial charge in [0.25, 0.3) is 0 Å². The van der Waals surface area contributed by atoms with Gasteiger partial charge in [0, 0.05) is 38.4 Å². The van der Waals surface area contributed by atoms with Crippen LogP contribution in [0.5, 0.6) is 0 Å². The van der Waals surface area contributed by atoms with Crippen LogP contribution in [0, 0.1) is 0 Å². The monoisotopic (exact) mass is 638 g/mol. The molecule has 0 aliphatic carbocycles. The molecule has 50 heavy (non-hydrogen) atoms. The van der Waals surface area contributed by atoms with Gasteiger partial charge in [0.05, 0.1) is 22.4 Å². The van der Waals surface area contributed by atoms with Crippen molar-refractivity contribution in [3.8, 4) is 50.5 Å². The van der Waals surface area contributed by atoms with Crippen LogP contribution in [0.15, 0.2) is 186 Å². The zero-order chi connectivity index (χ0) is 33.0. The van der Waals surface area contributed by atoms with E-state index in [0.717, 1.165) is 61.3 Å². The molecule has 0 fully saturated rings. The molecule has 0 bridgehead atoms. The van der Waals surface area contributed by atoms with Crippen LogP contribution in [0.3, 0.4) is 0 Å². The van der Waals surface area contributed by atoms with E-state index in [0.29, 0.717) is 0 Å². The van der Waals surface area contributed by atoms with E-state index >= 15 is 0 Å². The van der Waals surface area contributed by atoms with Crippen LogP contribution >= 0.6 is 0 Å². The highest BCUT2D eigenvalue weighted by molar-refractivity contribution is 6.09. The van der Waals surface area contributed by atoms with E-state index in [4.69, 9.17) is 9.40 Å². The van der Waals surface area contributed by atoms with E-state index < -0.39 is 0 Å². The Bertz CT molecular complexity index is 2790. The minimum absolute atomic E-state index is 0.910. The Morgan fingerprint density at radius 1 is 0.340 bits per heavy atom. The third-order valence-corrected chi connectivity index (χ3v) is 9.82. The summed E-state index contributed by atoms with van der Waals surface area (Å²) in [6.07, 6.45) is 0. The zero-order valence-corrected chi connectivity index (χ0v) is 27.1. The molecule has 10 rings (SSSR count). The lowest BCUT2D eigenvalue weighted by Crippen LogP contribution is -1.95. The summed E-state index contributed by atoms with van der Waals surface area (Å²) < 4.78 is 8.42. The molecule has 0 radical (unpaired) electrons. The first kappa shape index (κ1) is 28.3. The molecule has 0 aliphatic rings. The van der Waals surface area contributed by atoms with Gasteiger partial charge in [-0.15, -0.1) is 0 Å². The van der Waals surface area contributed by atoms with Crippen molar-refractivity contribution in [2.24, 2.45) is 0 Å². The average Bonchev–Trinajstić information content (AvgIpc) is 3.74. The lowest BCUT2D eigenvalue weighted by molar-refractivity contribution is 0.669. The smallest absolute Gasteiger partial charge is 0.135 e. The Balaban J connectivity index is 1.04. The van der Waals surface area contributed by atoms with Crippen LogP contribution in [0.25, 0.3) is 94.2 Å². The van der Waals surface area contributed by atoms with Crippen molar-refractivity contribution in [3.05, 3.63) is 182 Å². The Hall–Kier alpha value is -6.71. The van der Waals surface area contributed by atoms with Gasteiger partial charge < -0.3 is 8.98 Å². The van der Waals surface area contributed by atoms with Gasteiger partial charge in [0.15, 0.2) is 0 Å². The van der Waals surface area contributed by atoms with Crippen molar-refractivity contribution in [2.45, 2.75) is 0 Å². The van der Waals surface area contributed by atoms with Crippen molar-refractivity contribution < 1.29 is 4.42 Å². The topological polar surface area (TPSA) is 31.0 Å². The van der Waals surface area contributed by atoms with Crippen molar-refractivity contribution in [2.75, 3.05) is 0 Å². The second-order valence-electron chi connectivity index (χ2n) is 12.8. The van der Waals surface area contributed by atoms with Gasteiger partial charge in [-0.3, -0.25) is 0 Å². The number of hydrogen-bond acceptors (Lipinski definition) is 2. The molecular formula is C47H30N2O. The van der Waals surface area contributed by atoms with Gasteiger partial charge in [-0.25, -0.2) is 4.98 Å². The molecule has 0 saturated heterocycles. The summed E-state index contributed by atoms with van der Waals surface area (Å²) in [6.45, 7) is 0. The first-order valence-corrected chi connectivity index (χ1v) is 17.0. The first-order valence-electron chi connectivity index (χ1n) is 17.0. The summed E-state index contributed by atoms with van der Waals surface area (Å²) in [5, 5.41) is 4.80. The Kier molecular flexibility index (Phi) is 6.49. The fourth-order valence-electron chi connectivity index (χ4n) is 7.34. The number of para-hydroxylation sites is 3. The molecule has 3 heteroatoms. The molecule has 0 saturated carbocycles. The quantitative estimate of drug-likeness (QED) is 0.188. The average molecular weight is 639 g/mol. The molecule has 3 aromatic heterocycles. The van der Waals surface area contributed by atoms with Crippen LogP contribution < -0.4 is 0 Å². The van der Waals surface area contributed by atoms with Crippen molar-refractivity contribution >= 4 is 43.7 Å². The second-order valence-corrected chi connectivity index (χ2v) is 12.8. The highest BCUT2D eigenvalue weighted by atomic mass is 16.3. The van der Waals surface area contributed by atoms with E-state index in [1.807, 2.05) is 18.2 Å². The summed E-state index contributed by atoms with van der Waals surface area (Å²) in [5.74, 6) is 0. The van der Waals surface area contributed by atoms with E-state index in [-0.39, 0.29) is 0 Å². The molecule has 0 N–H and O–H groups in total. The lowest BCUT2D eigenvalue weighted by Gasteiger charge is -2.12. The van der Waals surface area contributed by atoms with Crippen LogP contribution in [-0.4, -0.2) is 9.55 Å². The number of benzene rings is 7. The molecule has 0 aliphatic heterocycles. The van der Waals surface area contributed by atoms with Gasteiger partial charge in [0.2, 0.25) is 0 Å². The molecular weight excluding hydrogens is 609 g/mol. The lowest BCUT2D eigenvalue weighted by atomic mass is 9.97. The maximum absolute atomic E-state index is 6.07. The summed E-state index contributed by atoms with van der Waals surface area (Å²) in [5.41, 5.74) is 14.0. The molecule has 0 atom stereocenters. The highest BCUT2D eigenvalue weighted by Gasteiger charge is 2.14. The molecule has 0 amide bonds. The molecule has 3 nitrogen and oxygen atoms in total. The largest absolute Gasteiger partial charge is 0.456 e. The van der Waals surface area contributed by atoms with E-state index in [1.54, 1.807) is 0 Å². The Morgan fingerprint density at radius 2 is 0.840 bits per heavy atom. The van der Waals surface area contributed by atoms with Crippen LogP contribution in [0.2, 0.25) is 0 Å². The predicted molar refractivity (Wildman–Crippen MR) is 208 cm³/mol. The summed E-state index contributed by atoms with van der Waals surface area (Å²) >= 11 is 0. The minimum Gasteiger partial charge on any atom is -0.456 e. The number of hydrogen-bond donors (Lipinski definition) is 0. The summed E-state index contributed by atoms with van der Waals surface area (Å²) in [6, 6.07) is 64.4. The molecule has 234 valence electrons. The molecule has 10 aromatic rings. The zero-order valence-electron chi connectivity index (χ0n) is 27.1. The second kappa shape index (κ2) is 11.5. The van der Waals surface area contributed by atoms with Gasteiger partial charge in [-0.1, -0.05) is 127 Å². The van der Waals surface area contributed by atoms with Crippen LogP contribution in [0.4, 0.5) is 0 Å². The van der Waals surface area contributed by atoms with Gasteiger partial charge >= 0.3 is 0 Å². The standard InChI is InChI=1S/C47H30N2O/c1-2-10-33(11-3-1)42-29-36(32-20-18-31(19-21-32)35-24-27-47-41(28-35)40-14-6-9-17-46(40)50-47)30-43(48-42)34-22-25-37(26-23-34)49-44-15-7-4-12-38(44)39-13-5-8-16-45(39)49/h1-30H. The van der Waals surface area contributed by atoms with Gasteiger partial charge in [-0.05, 0) is 76.9 Å². The fourth-order valence-corrected chi connectivity index (χ4v) is 7.34. The first-order chi connectivity index (χ1) is 24.8. The third-order valence-electron chi connectivity index (χ3n) is 9.82. The maximum Gasteiger partial charge on any atom is 0.135 e. The fraction of sp³-hybridized carbons (Fsp3) is 0. The summed E-state index contributed by atoms with van der Waals surface area (Å²) in [7, 11) is 0. The van der Waals surface area contributed by atoms with Crippen molar-refractivity contribution in [3.63, 3.8) is 0 Å². The molecule has 7 aromatic carbocycles. The van der Waals surface area contributed by atoms with Gasteiger partial charge in [-0.2, -0.15) is 0 Å². The van der Waals surface area contributed by atoms with Crippen LogP contribution in [-0.2, 0) is 0 Å². The Labute approximate surface area is 289 Å². The van der Waals surface area contributed by atoms with Crippen LogP contribution in [0.1, 0.15) is 0 Å². The van der Waals surface area contributed by atoms with E-state index in [9.17, 15) is 0 Å². The number of fused-ring (bicyclic) bond motifs is 6. The van der Waals surface area contributed by atoms with Crippen molar-refractivity contribution in [1.29, 1.82) is 0 Å². The van der Waals surface area contributed by atoms with E-state index in [2.05, 4.69) is 168 Å². The molecule has 3 heterocycles. The maximum atomic E-state index is 6.07. The number of nitrogens with zero attached hydrogens (tertiary/aromatic N) is 2. The number of rotatable bonds is 5. The number of aromatic nitrogens is 2.